The molecule has 1 heterocycles. The summed E-state index contributed by atoms with van der Waals surface area (Å²) in [5.74, 6) is 0.901. The number of carbonyl (C=O) groups excluding carboxylic acids is 1. The van der Waals surface area contributed by atoms with Crippen LogP contribution in [0.4, 0.5) is 5.69 Å². The number of benzene rings is 2. The number of nitrogens with zero attached hydrogens (tertiary/aromatic N) is 2. The van der Waals surface area contributed by atoms with Crippen LogP contribution in [0.5, 0.6) is 0 Å². The number of carbonyl (C=O) groups is 1. The summed E-state index contributed by atoms with van der Waals surface area (Å²) in [6, 6.07) is 19.5. The molecule has 1 aliphatic heterocycles. The van der Waals surface area contributed by atoms with Crippen molar-refractivity contribution in [3.05, 3.63) is 66.2 Å². The maximum atomic E-state index is 12.3. The van der Waals surface area contributed by atoms with E-state index in [9.17, 15) is 4.79 Å². The third kappa shape index (κ3) is 3.68. The van der Waals surface area contributed by atoms with E-state index >= 15 is 0 Å². The van der Waals surface area contributed by atoms with Crippen LogP contribution >= 0.6 is 11.8 Å². The molecule has 0 aromatic heterocycles. The molecule has 22 heavy (non-hydrogen) atoms. The third-order valence-corrected chi connectivity index (χ3v) is 4.18. The lowest BCUT2D eigenvalue weighted by molar-refractivity contribution is -0.120. The summed E-state index contributed by atoms with van der Waals surface area (Å²) in [6.45, 7) is 0.790. The number of amidine groups is 1. The predicted molar refractivity (Wildman–Crippen MR) is 92.0 cm³/mol. The third-order valence-electron chi connectivity index (χ3n) is 3.22. The van der Waals surface area contributed by atoms with Crippen molar-refractivity contribution in [1.29, 1.82) is 0 Å². The zero-order valence-corrected chi connectivity index (χ0v) is 12.9. The number of rotatable bonds is 3. The fourth-order valence-electron chi connectivity index (χ4n) is 2.20. The maximum absolute atomic E-state index is 12.3. The van der Waals surface area contributed by atoms with Crippen molar-refractivity contribution in [2.75, 3.05) is 17.3 Å². The molecule has 2 aromatic carbocycles. The van der Waals surface area contributed by atoms with Gasteiger partial charge in [0.25, 0.3) is 0 Å². The zero-order chi connectivity index (χ0) is 15.2. The maximum Gasteiger partial charge on any atom is 0.243 e. The van der Waals surface area contributed by atoms with E-state index in [0.29, 0.717) is 6.42 Å². The number of aliphatic imine (C=N–C) groups is 1. The van der Waals surface area contributed by atoms with E-state index in [0.717, 1.165) is 28.7 Å². The highest BCUT2D eigenvalue weighted by Crippen LogP contribution is 2.21. The lowest BCUT2D eigenvalue weighted by atomic mass is 10.1. The van der Waals surface area contributed by atoms with Gasteiger partial charge in [-0.2, -0.15) is 0 Å². The molecule has 0 radical (unpaired) electrons. The van der Waals surface area contributed by atoms with Crippen LogP contribution in [0.2, 0.25) is 0 Å². The second-order valence-corrected chi connectivity index (χ2v) is 5.94. The van der Waals surface area contributed by atoms with Gasteiger partial charge in [0, 0.05) is 5.75 Å². The van der Waals surface area contributed by atoms with Crippen LogP contribution in [0.25, 0.3) is 0 Å². The van der Waals surface area contributed by atoms with E-state index in [1.807, 2.05) is 60.7 Å². The predicted octanol–water partition coefficient (Wildman–Crippen LogP) is 2.87. The first-order valence-corrected chi connectivity index (χ1v) is 8.17. The van der Waals surface area contributed by atoms with Crippen molar-refractivity contribution in [2.24, 2.45) is 4.99 Å². The summed E-state index contributed by atoms with van der Waals surface area (Å²) >= 11 is 1.65. The number of hydrogen-bond donors (Lipinski definition) is 1. The lowest BCUT2D eigenvalue weighted by Gasteiger charge is -2.24. The Morgan fingerprint density at radius 2 is 1.77 bits per heavy atom. The average Bonchev–Trinajstić information content (AvgIpc) is 3.08. The van der Waals surface area contributed by atoms with Gasteiger partial charge in [0.05, 0.1) is 18.7 Å². The van der Waals surface area contributed by atoms with Gasteiger partial charge in [-0.25, -0.2) is 5.01 Å². The highest BCUT2D eigenvalue weighted by atomic mass is 32.2. The SMILES string of the molecule is O=C(Cc1ccccc1)NN(C1=NCCS1)c1ccccc1. The van der Waals surface area contributed by atoms with Crippen molar-refractivity contribution >= 4 is 28.5 Å². The Morgan fingerprint density at radius 3 is 2.41 bits per heavy atom. The molecule has 0 unspecified atom stereocenters. The summed E-state index contributed by atoms with van der Waals surface area (Å²) < 4.78 is 0. The highest BCUT2D eigenvalue weighted by Gasteiger charge is 2.19. The van der Waals surface area contributed by atoms with Crippen molar-refractivity contribution in [1.82, 2.24) is 5.43 Å². The van der Waals surface area contributed by atoms with Crippen molar-refractivity contribution in [3.8, 4) is 0 Å². The van der Waals surface area contributed by atoms with Crippen LogP contribution in [0, 0.1) is 0 Å². The minimum absolute atomic E-state index is 0.0507. The minimum atomic E-state index is -0.0507. The quantitative estimate of drug-likeness (QED) is 0.887. The van der Waals surface area contributed by atoms with Gasteiger partial charge in [0.15, 0.2) is 5.17 Å². The number of nitrogens with one attached hydrogen (secondary N) is 1. The van der Waals surface area contributed by atoms with E-state index in [-0.39, 0.29) is 5.91 Å². The molecular weight excluding hydrogens is 294 g/mol. The second kappa shape index (κ2) is 7.13. The Labute approximate surface area is 134 Å². The first-order chi connectivity index (χ1) is 10.8. The number of anilines is 1. The first-order valence-electron chi connectivity index (χ1n) is 7.19. The van der Waals surface area contributed by atoms with Gasteiger partial charge < -0.3 is 0 Å². The molecule has 0 bridgehead atoms. The molecule has 112 valence electrons. The summed E-state index contributed by atoms with van der Waals surface area (Å²) in [5.41, 5.74) is 4.87. The molecule has 1 N–H and O–H groups in total. The molecular formula is C17H17N3OS. The molecule has 0 aliphatic carbocycles. The summed E-state index contributed by atoms with van der Waals surface area (Å²) in [5, 5.41) is 2.62. The lowest BCUT2D eigenvalue weighted by Crippen LogP contribution is -2.45. The van der Waals surface area contributed by atoms with Crippen molar-refractivity contribution < 1.29 is 4.79 Å². The number of amides is 1. The van der Waals surface area contributed by atoms with Crippen LogP contribution < -0.4 is 10.4 Å². The largest absolute Gasteiger partial charge is 0.273 e. The van der Waals surface area contributed by atoms with E-state index in [2.05, 4.69) is 10.4 Å². The van der Waals surface area contributed by atoms with E-state index in [1.165, 1.54) is 0 Å². The summed E-state index contributed by atoms with van der Waals surface area (Å²) in [4.78, 5) is 16.8. The Kier molecular flexibility index (Phi) is 4.75. The van der Waals surface area contributed by atoms with Crippen LogP contribution in [0.3, 0.4) is 0 Å². The Balaban J connectivity index is 1.74. The second-order valence-electron chi connectivity index (χ2n) is 4.88. The van der Waals surface area contributed by atoms with Gasteiger partial charge in [-0.05, 0) is 17.7 Å². The summed E-state index contributed by atoms with van der Waals surface area (Å²) in [6.07, 6.45) is 0.349. The average molecular weight is 311 g/mol. The molecule has 3 rings (SSSR count). The molecule has 2 aromatic rings. The van der Waals surface area contributed by atoms with Crippen LogP contribution in [-0.4, -0.2) is 23.4 Å². The van der Waals surface area contributed by atoms with Crippen LogP contribution in [0.1, 0.15) is 5.56 Å². The normalized spacial score (nSPS) is 13.5. The molecule has 0 saturated heterocycles. The van der Waals surface area contributed by atoms with Gasteiger partial charge in [-0.1, -0.05) is 60.3 Å². The Bertz CT molecular complexity index is 658. The standard InChI is InChI=1S/C17H17N3OS/c21-16(13-14-7-3-1-4-8-14)19-20(17-18-11-12-22-17)15-9-5-2-6-10-15/h1-10H,11-13H2,(H,19,21). The number of para-hydroxylation sites is 1. The topological polar surface area (TPSA) is 44.7 Å². The summed E-state index contributed by atoms with van der Waals surface area (Å²) in [7, 11) is 0. The fraction of sp³-hybridized carbons (Fsp3) is 0.176. The van der Waals surface area contributed by atoms with E-state index in [4.69, 9.17) is 0 Å². The van der Waals surface area contributed by atoms with Gasteiger partial charge in [0.1, 0.15) is 0 Å². The van der Waals surface area contributed by atoms with Crippen molar-refractivity contribution in [2.45, 2.75) is 6.42 Å². The molecule has 1 aliphatic rings. The highest BCUT2D eigenvalue weighted by molar-refractivity contribution is 8.14. The zero-order valence-electron chi connectivity index (χ0n) is 12.1. The molecule has 0 saturated carbocycles. The monoisotopic (exact) mass is 311 g/mol. The fourth-order valence-corrected chi connectivity index (χ4v) is 3.03. The van der Waals surface area contributed by atoms with Crippen molar-refractivity contribution in [3.63, 3.8) is 0 Å². The number of thioether (sulfide) groups is 1. The number of hydrazine groups is 1. The smallest absolute Gasteiger partial charge is 0.243 e. The Hall–Kier alpha value is -2.27. The Morgan fingerprint density at radius 1 is 1.09 bits per heavy atom. The molecule has 0 atom stereocenters. The van der Waals surface area contributed by atoms with Gasteiger partial charge in [-0.15, -0.1) is 0 Å². The van der Waals surface area contributed by atoms with Crippen LogP contribution in [0.15, 0.2) is 65.7 Å². The molecule has 0 spiro atoms. The molecule has 4 nitrogen and oxygen atoms in total. The molecule has 5 heteroatoms. The number of hydrogen-bond acceptors (Lipinski definition) is 4. The van der Waals surface area contributed by atoms with E-state index < -0.39 is 0 Å². The first kappa shape index (κ1) is 14.7. The van der Waals surface area contributed by atoms with Gasteiger partial charge in [-0.3, -0.25) is 15.2 Å². The van der Waals surface area contributed by atoms with Gasteiger partial charge >= 0.3 is 0 Å². The molecule has 1 amide bonds. The van der Waals surface area contributed by atoms with Gasteiger partial charge in [0.2, 0.25) is 5.91 Å². The van der Waals surface area contributed by atoms with E-state index in [1.54, 1.807) is 16.8 Å². The molecule has 0 fully saturated rings. The minimum Gasteiger partial charge on any atom is -0.273 e. The van der Waals surface area contributed by atoms with Crippen LogP contribution in [-0.2, 0) is 11.2 Å².